The molecule has 0 aromatic heterocycles. The van der Waals surface area contributed by atoms with Crippen LogP contribution in [-0.2, 0) is 9.84 Å². The first kappa shape index (κ1) is 14.5. The summed E-state index contributed by atoms with van der Waals surface area (Å²) >= 11 is 0. The molecule has 0 spiro atoms. The molecule has 4 nitrogen and oxygen atoms in total. The predicted octanol–water partition coefficient (Wildman–Crippen LogP) is 1.66. The second-order valence-corrected chi connectivity index (χ2v) is 7.67. The highest BCUT2D eigenvalue weighted by Gasteiger charge is 2.31. The number of rotatable bonds is 5. The molecule has 2 N–H and O–H groups in total. The molecule has 0 saturated heterocycles. The summed E-state index contributed by atoms with van der Waals surface area (Å²) in [6.07, 6.45) is 4.10. The zero-order valence-electron chi connectivity index (χ0n) is 11.4. The number of aliphatic hydroxyl groups excluding tert-OH is 1. The first-order chi connectivity index (χ1) is 8.80. The van der Waals surface area contributed by atoms with Crippen molar-refractivity contribution in [2.45, 2.75) is 42.7 Å². The van der Waals surface area contributed by atoms with Crippen LogP contribution in [0.5, 0.6) is 0 Å². The van der Waals surface area contributed by atoms with E-state index in [-0.39, 0.29) is 10.4 Å². The highest BCUT2D eigenvalue weighted by atomic mass is 32.2. The van der Waals surface area contributed by atoms with Crippen molar-refractivity contribution >= 4 is 9.84 Å². The van der Waals surface area contributed by atoms with Crippen LogP contribution in [0, 0.1) is 0 Å². The van der Waals surface area contributed by atoms with Gasteiger partial charge in [-0.25, -0.2) is 8.42 Å². The van der Waals surface area contributed by atoms with E-state index in [1.165, 1.54) is 12.7 Å². The maximum absolute atomic E-state index is 11.3. The minimum atomic E-state index is -3.17. The molecule has 0 radical (unpaired) electrons. The van der Waals surface area contributed by atoms with E-state index in [9.17, 15) is 13.5 Å². The topological polar surface area (TPSA) is 66.4 Å². The third-order valence-electron chi connectivity index (χ3n) is 3.87. The van der Waals surface area contributed by atoms with Crippen LogP contribution in [-0.4, -0.2) is 31.9 Å². The van der Waals surface area contributed by atoms with Crippen molar-refractivity contribution in [2.24, 2.45) is 0 Å². The number of benzene rings is 1. The summed E-state index contributed by atoms with van der Waals surface area (Å²) in [6.45, 7) is 2.66. The molecule has 1 atom stereocenters. The van der Waals surface area contributed by atoms with Gasteiger partial charge in [0.2, 0.25) is 0 Å². The lowest BCUT2D eigenvalue weighted by atomic mass is 9.78. The number of nitrogens with one attached hydrogen (secondary N) is 1. The van der Waals surface area contributed by atoms with Crippen LogP contribution in [0.1, 0.15) is 37.9 Å². The van der Waals surface area contributed by atoms with E-state index in [0.717, 1.165) is 18.4 Å². The van der Waals surface area contributed by atoms with Gasteiger partial charge in [0.15, 0.2) is 9.84 Å². The quantitative estimate of drug-likeness (QED) is 0.862. The molecule has 1 aromatic carbocycles. The molecule has 1 unspecified atom stereocenters. The summed E-state index contributed by atoms with van der Waals surface area (Å²) < 4.78 is 22.7. The summed E-state index contributed by atoms with van der Waals surface area (Å²) in [6, 6.07) is 6.43. The Morgan fingerprint density at radius 1 is 1.32 bits per heavy atom. The number of β-amino-alcohol motifs (C(OH)–C–C–N with tert-alkyl or cyclic N) is 1. The van der Waals surface area contributed by atoms with E-state index in [4.69, 9.17) is 0 Å². The zero-order chi connectivity index (χ0) is 14.1. The van der Waals surface area contributed by atoms with Crippen molar-refractivity contribution in [1.82, 2.24) is 5.32 Å². The molecule has 1 aliphatic carbocycles. The van der Waals surface area contributed by atoms with Gasteiger partial charge in [-0.15, -0.1) is 0 Å². The van der Waals surface area contributed by atoms with Crippen molar-refractivity contribution in [2.75, 3.05) is 12.8 Å². The minimum absolute atomic E-state index is 0.160. The van der Waals surface area contributed by atoms with E-state index < -0.39 is 15.9 Å². The molecule has 0 bridgehead atoms. The molecule has 19 heavy (non-hydrogen) atoms. The lowest BCUT2D eigenvalue weighted by molar-refractivity contribution is 0.132. The SMILES string of the molecule is CC1(NCC(O)c2ccc(S(C)(=O)=O)cc2)CCC1. The van der Waals surface area contributed by atoms with Gasteiger partial charge in [-0.1, -0.05) is 12.1 Å². The standard InChI is InChI=1S/C14H21NO3S/c1-14(8-3-9-14)15-10-13(16)11-4-6-12(7-5-11)19(2,17)18/h4-7,13,15-16H,3,8-10H2,1-2H3. The maximum atomic E-state index is 11.3. The number of aliphatic hydroxyl groups is 1. The van der Waals surface area contributed by atoms with Gasteiger partial charge in [0.1, 0.15) is 0 Å². The Morgan fingerprint density at radius 3 is 2.32 bits per heavy atom. The summed E-state index contributed by atoms with van der Waals surface area (Å²) in [5.41, 5.74) is 0.899. The second kappa shape index (κ2) is 5.23. The number of hydrogen-bond donors (Lipinski definition) is 2. The third kappa shape index (κ3) is 3.55. The Hall–Kier alpha value is -0.910. The number of hydrogen-bond acceptors (Lipinski definition) is 4. The molecule has 5 heteroatoms. The van der Waals surface area contributed by atoms with Crippen molar-refractivity contribution in [3.63, 3.8) is 0 Å². The van der Waals surface area contributed by atoms with Crippen molar-refractivity contribution in [3.05, 3.63) is 29.8 Å². The maximum Gasteiger partial charge on any atom is 0.175 e. The number of sulfone groups is 1. The predicted molar refractivity (Wildman–Crippen MR) is 74.8 cm³/mol. The van der Waals surface area contributed by atoms with E-state index in [2.05, 4.69) is 12.2 Å². The van der Waals surface area contributed by atoms with Crippen LogP contribution in [0.4, 0.5) is 0 Å². The average Bonchev–Trinajstić information content (AvgIpc) is 2.33. The van der Waals surface area contributed by atoms with E-state index >= 15 is 0 Å². The summed E-state index contributed by atoms with van der Waals surface area (Å²) in [5, 5.41) is 13.5. The third-order valence-corrected chi connectivity index (χ3v) is 5.00. The Kier molecular flexibility index (Phi) is 3.99. The van der Waals surface area contributed by atoms with E-state index in [0.29, 0.717) is 6.54 Å². The monoisotopic (exact) mass is 283 g/mol. The zero-order valence-corrected chi connectivity index (χ0v) is 12.2. The Morgan fingerprint density at radius 2 is 1.89 bits per heavy atom. The van der Waals surface area contributed by atoms with Crippen LogP contribution in [0.15, 0.2) is 29.2 Å². The second-order valence-electron chi connectivity index (χ2n) is 5.65. The first-order valence-corrected chi connectivity index (χ1v) is 8.42. The smallest absolute Gasteiger partial charge is 0.175 e. The normalized spacial score (nSPS) is 19.7. The lowest BCUT2D eigenvalue weighted by Gasteiger charge is -2.40. The van der Waals surface area contributed by atoms with Crippen molar-refractivity contribution < 1.29 is 13.5 Å². The van der Waals surface area contributed by atoms with E-state index in [1.807, 2.05) is 0 Å². The van der Waals surface area contributed by atoms with Gasteiger partial charge in [-0.2, -0.15) is 0 Å². The molecule has 0 heterocycles. The Bertz CT molecular complexity index is 532. The van der Waals surface area contributed by atoms with Crippen LogP contribution in [0.2, 0.25) is 0 Å². The molecule has 1 aliphatic rings. The van der Waals surface area contributed by atoms with Crippen LogP contribution < -0.4 is 5.32 Å². The van der Waals surface area contributed by atoms with Gasteiger partial charge >= 0.3 is 0 Å². The van der Waals surface area contributed by atoms with Gasteiger partial charge in [-0.05, 0) is 43.9 Å². The fraction of sp³-hybridized carbons (Fsp3) is 0.571. The fourth-order valence-electron chi connectivity index (χ4n) is 2.28. The largest absolute Gasteiger partial charge is 0.387 e. The van der Waals surface area contributed by atoms with Gasteiger partial charge in [0.25, 0.3) is 0 Å². The van der Waals surface area contributed by atoms with Crippen LogP contribution in [0.25, 0.3) is 0 Å². The van der Waals surface area contributed by atoms with Gasteiger partial charge in [0.05, 0.1) is 11.0 Å². The highest BCUT2D eigenvalue weighted by Crippen LogP contribution is 2.31. The molecule has 1 aromatic rings. The van der Waals surface area contributed by atoms with Gasteiger partial charge in [0, 0.05) is 18.3 Å². The van der Waals surface area contributed by atoms with Crippen molar-refractivity contribution in [3.8, 4) is 0 Å². The average molecular weight is 283 g/mol. The lowest BCUT2D eigenvalue weighted by Crippen LogP contribution is -2.49. The fourth-order valence-corrected chi connectivity index (χ4v) is 2.91. The van der Waals surface area contributed by atoms with Gasteiger partial charge < -0.3 is 10.4 Å². The Balaban J connectivity index is 1.97. The van der Waals surface area contributed by atoms with Crippen molar-refractivity contribution in [1.29, 1.82) is 0 Å². The first-order valence-electron chi connectivity index (χ1n) is 6.53. The van der Waals surface area contributed by atoms with Crippen LogP contribution >= 0.6 is 0 Å². The summed E-state index contributed by atoms with van der Waals surface area (Å²) in [4.78, 5) is 0.280. The molecule has 0 amide bonds. The molecular formula is C14H21NO3S. The minimum Gasteiger partial charge on any atom is -0.387 e. The van der Waals surface area contributed by atoms with Crippen LogP contribution in [0.3, 0.4) is 0 Å². The molecule has 1 fully saturated rings. The Labute approximate surface area is 114 Å². The molecular weight excluding hydrogens is 262 g/mol. The van der Waals surface area contributed by atoms with E-state index in [1.54, 1.807) is 24.3 Å². The molecule has 0 aliphatic heterocycles. The molecule has 2 rings (SSSR count). The van der Waals surface area contributed by atoms with Gasteiger partial charge in [-0.3, -0.25) is 0 Å². The molecule has 106 valence electrons. The highest BCUT2D eigenvalue weighted by molar-refractivity contribution is 7.90. The summed E-state index contributed by atoms with van der Waals surface area (Å²) in [5.74, 6) is 0. The summed E-state index contributed by atoms with van der Waals surface area (Å²) in [7, 11) is -3.17. The molecule has 1 saturated carbocycles.